The zero-order chi connectivity index (χ0) is 16.5. The van der Waals surface area contributed by atoms with Gasteiger partial charge in [0.05, 0.1) is 12.6 Å². The molecule has 2 aromatic rings. The third kappa shape index (κ3) is 3.09. The maximum absolute atomic E-state index is 12.7. The number of carbonyl (C=O) groups is 1. The molecule has 2 atom stereocenters. The van der Waals surface area contributed by atoms with E-state index in [1.807, 2.05) is 30.5 Å². The van der Waals surface area contributed by atoms with Gasteiger partial charge in [0.1, 0.15) is 11.1 Å². The molecule has 2 aliphatic heterocycles. The zero-order valence-electron chi connectivity index (χ0n) is 13.7. The molecule has 0 aliphatic carbocycles. The number of carbonyl (C=O) groups excluding carboxylic acids is 1. The van der Waals surface area contributed by atoms with Crippen LogP contribution in [0.3, 0.4) is 0 Å². The van der Waals surface area contributed by atoms with Gasteiger partial charge in [-0.3, -0.25) is 9.69 Å². The molecule has 4 rings (SSSR count). The van der Waals surface area contributed by atoms with E-state index in [0.717, 1.165) is 42.3 Å². The van der Waals surface area contributed by atoms with E-state index in [4.69, 9.17) is 4.74 Å². The second kappa shape index (κ2) is 6.63. The normalized spacial score (nSPS) is 25.0. The number of thiazole rings is 1. The molecule has 0 radical (unpaired) electrons. The van der Waals surface area contributed by atoms with Crippen molar-refractivity contribution in [3.8, 4) is 0 Å². The molecule has 1 aromatic heterocycles. The van der Waals surface area contributed by atoms with Crippen LogP contribution in [0.5, 0.6) is 0 Å². The number of aromatic nitrogens is 1. The molecule has 0 unspecified atom stereocenters. The quantitative estimate of drug-likeness (QED) is 0.911. The number of nitrogens with zero attached hydrogens (tertiary/aromatic N) is 2. The van der Waals surface area contributed by atoms with E-state index in [-0.39, 0.29) is 18.1 Å². The largest absolute Gasteiger partial charge is 0.368 e. The predicted molar refractivity (Wildman–Crippen MR) is 94.3 cm³/mol. The van der Waals surface area contributed by atoms with E-state index < -0.39 is 0 Å². The number of ether oxygens (including phenoxy) is 1. The van der Waals surface area contributed by atoms with Crippen molar-refractivity contribution in [2.45, 2.75) is 31.9 Å². The van der Waals surface area contributed by atoms with Gasteiger partial charge >= 0.3 is 0 Å². The molecule has 0 saturated carbocycles. The zero-order valence-corrected chi connectivity index (χ0v) is 14.5. The number of benzene rings is 1. The van der Waals surface area contributed by atoms with Crippen LogP contribution in [0.4, 0.5) is 5.69 Å². The molecule has 126 valence electrons. The molecule has 1 amide bonds. The third-order valence-corrected chi connectivity index (χ3v) is 5.77. The second-order valence-corrected chi connectivity index (χ2v) is 7.27. The molecule has 0 bridgehead atoms. The van der Waals surface area contributed by atoms with E-state index in [0.29, 0.717) is 6.61 Å². The summed E-state index contributed by atoms with van der Waals surface area (Å²) in [6.45, 7) is 4.15. The highest BCUT2D eigenvalue weighted by molar-refractivity contribution is 7.09. The Morgan fingerprint density at radius 3 is 3.08 bits per heavy atom. The summed E-state index contributed by atoms with van der Waals surface area (Å²) < 4.78 is 5.90. The number of amides is 1. The highest BCUT2D eigenvalue weighted by Crippen LogP contribution is 2.29. The topological polar surface area (TPSA) is 54.5 Å². The average Bonchev–Trinajstić information content (AvgIpc) is 2.95. The van der Waals surface area contributed by atoms with Crippen LogP contribution in [0.15, 0.2) is 29.6 Å². The summed E-state index contributed by atoms with van der Waals surface area (Å²) >= 11 is 1.64. The van der Waals surface area contributed by atoms with Crippen LogP contribution in [0.1, 0.15) is 28.8 Å². The Bertz CT molecular complexity index is 745. The lowest BCUT2D eigenvalue weighted by Crippen LogP contribution is -2.49. The van der Waals surface area contributed by atoms with Crippen LogP contribution in [0.25, 0.3) is 0 Å². The van der Waals surface area contributed by atoms with E-state index in [1.54, 1.807) is 11.3 Å². The third-order valence-electron chi connectivity index (χ3n) is 4.72. The molecule has 1 N–H and O–H groups in total. The first kappa shape index (κ1) is 15.7. The van der Waals surface area contributed by atoms with Crippen molar-refractivity contribution in [3.63, 3.8) is 0 Å². The maximum Gasteiger partial charge on any atom is 0.241 e. The predicted octanol–water partition coefficient (Wildman–Crippen LogP) is 2.78. The van der Waals surface area contributed by atoms with Gasteiger partial charge in [-0.25, -0.2) is 4.98 Å². The lowest BCUT2D eigenvalue weighted by Gasteiger charge is -2.36. The number of para-hydroxylation sites is 1. The van der Waals surface area contributed by atoms with Crippen molar-refractivity contribution in [1.29, 1.82) is 0 Å². The Morgan fingerprint density at radius 1 is 1.38 bits per heavy atom. The lowest BCUT2D eigenvalue weighted by atomic mass is 10.0. The summed E-state index contributed by atoms with van der Waals surface area (Å²) in [6.07, 6.45) is 1.72. The van der Waals surface area contributed by atoms with Crippen molar-refractivity contribution in [2.75, 3.05) is 25.0 Å². The Kier molecular flexibility index (Phi) is 4.35. The lowest BCUT2D eigenvalue weighted by molar-refractivity contribution is -0.125. The summed E-state index contributed by atoms with van der Waals surface area (Å²) in [4.78, 5) is 19.5. The van der Waals surface area contributed by atoms with Crippen LogP contribution in [-0.4, -0.2) is 41.5 Å². The summed E-state index contributed by atoms with van der Waals surface area (Å²) in [6, 6.07) is 7.97. The minimum Gasteiger partial charge on any atom is -0.368 e. The molecular formula is C18H21N3O2S. The van der Waals surface area contributed by atoms with Crippen LogP contribution < -0.4 is 5.32 Å². The number of rotatable bonds is 2. The van der Waals surface area contributed by atoms with Crippen molar-refractivity contribution in [2.24, 2.45) is 0 Å². The highest BCUT2D eigenvalue weighted by Gasteiger charge is 2.34. The number of hydrogen-bond donors (Lipinski definition) is 1. The molecule has 1 fully saturated rings. The fraction of sp³-hybridized carbons (Fsp3) is 0.444. The molecule has 6 heteroatoms. The maximum atomic E-state index is 12.7. The first-order valence-electron chi connectivity index (χ1n) is 8.37. The van der Waals surface area contributed by atoms with Gasteiger partial charge in [-0.05, 0) is 31.4 Å². The number of morpholine rings is 1. The van der Waals surface area contributed by atoms with Gasteiger partial charge in [-0.1, -0.05) is 18.2 Å². The number of hydrogen-bond acceptors (Lipinski definition) is 5. The van der Waals surface area contributed by atoms with Crippen molar-refractivity contribution in [1.82, 2.24) is 9.88 Å². The van der Waals surface area contributed by atoms with Crippen molar-refractivity contribution >= 4 is 22.9 Å². The Hall–Kier alpha value is -1.76. The van der Waals surface area contributed by atoms with Gasteiger partial charge in [0.2, 0.25) is 5.91 Å². The molecule has 5 nitrogen and oxygen atoms in total. The molecule has 1 saturated heterocycles. The Morgan fingerprint density at radius 2 is 2.25 bits per heavy atom. The number of nitrogens with one attached hydrogen (secondary N) is 1. The number of aryl methyl sites for hydroxylation is 2. The summed E-state index contributed by atoms with van der Waals surface area (Å²) in [7, 11) is 0. The van der Waals surface area contributed by atoms with Gasteiger partial charge in [0.25, 0.3) is 0 Å². The summed E-state index contributed by atoms with van der Waals surface area (Å²) in [5, 5.41) is 6.15. The fourth-order valence-electron chi connectivity index (χ4n) is 3.47. The molecule has 3 heterocycles. The fourth-order valence-corrected chi connectivity index (χ4v) is 4.30. The Labute approximate surface area is 145 Å². The van der Waals surface area contributed by atoms with Crippen LogP contribution in [0.2, 0.25) is 0 Å². The van der Waals surface area contributed by atoms with Gasteiger partial charge in [0.15, 0.2) is 0 Å². The molecule has 1 aromatic carbocycles. The molecular weight excluding hydrogens is 322 g/mol. The van der Waals surface area contributed by atoms with Gasteiger partial charge in [-0.15, -0.1) is 11.3 Å². The van der Waals surface area contributed by atoms with Gasteiger partial charge < -0.3 is 10.1 Å². The van der Waals surface area contributed by atoms with E-state index in [1.165, 1.54) is 5.56 Å². The van der Waals surface area contributed by atoms with Crippen molar-refractivity contribution in [3.05, 3.63) is 45.9 Å². The van der Waals surface area contributed by atoms with Crippen LogP contribution in [-0.2, 0) is 16.0 Å². The standard InChI is InChI=1S/C18H21N3O2S/c1-12-11-24-18(19-12)16-10-21(8-9-23-16)15-7-6-13-4-2-3-5-14(13)20-17(15)22/h2-5,11,15-16H,6-10H2,1H3,(H,20,22)/t15-,16-/m0/s1. The van der Waals surface area contributed by atoms with Crippen LogP contribution >= 0.6 is 11.3 Å². The smallest absolute Gasteiger partial charge is 0.241 e. The molecule has 2 aliphatic rings. The van der Waals surface area contributed by atoms with Crippen LogP contribution in [0, 0.1) is 6.92 Å². The Balaban J connectivity index is 1.50. The summed E-state index contributed by atoms with van der Waals surface area (Å²) in [5.41, 5.74) is 3.19. The highest BCUT2D eigenvalue weighted by atomic mass is 32.1. The van der Waals surface area contributed by atoms with Gasteiger partial charge in [-0.2, -0.15) is 0 Å². The summed E-state index contributed by atoms with van der Waals surface area (Å²) in [5.74, 6) is 0.0934. The molecule has 24 heavy (non-hydrogen) atoms. The van der Waals surface area contributed by atoms with E-state index in [2.05, 4.69) is 21.3 Å². The average molecular weight is 343 g/mol. The SMILES string of the molecule is Cc1csc([C@@H]2CN([C@H]3CCc4ccccc4NC3=O)CCO2)n1. The minimum absolute atomic E-state index is 0.0316. The minimum atomic E-state index is -0.107. The molecule has 0 spiro atoms. The van der Waals surface area contributed by atoms with Crippen molar-refractivity contribution < 1.29 is 9.53 Å². The second-order valence-electron chi connectivity index (χ2n) is 6.38. The number of fused-ring (bicyclic) bond motifs is 1. The van der Waals surface area contributed by atoms with E-state index in [9.17, 15) is 4.79 Å². The first-order valence-corrected chi connectivity index (χ1v) is 9.25. The number of anilines is 1. The van der Waals surface area contributed by atoms with E-state index >= 15 is 0 Å². The van der Waals surface area contributed by atoms with Gasteiger partial charge in [0, 0.05) is 29.9 Å². The first-order chi connectivity index (χ1) is 11.7. The monoisotopic (exact) mass is 343 g/mol.